The summed E-state index contributed by atoms with van der Waals surface area (Å²) in [7, 11) is 0. The number of fused-ring (bicyclic) bond motifs is 1. The summed E-state index contributed by atoms with van der Waals surface area (Å²) >= 11 is 0. The minimum atomic E-state index is 0.155. The highest BCUT2D eigenvalue weighted by molar-refractivity contribution is 5.96. The second-order valence-electron chi connectivity index (χ2n) is 8.72. The summed E-state index contributed by atoms with van der Waals surface area (Å²) in [5, 5.41) is 34.3. The largest absolute Gasteiger partial charge is 0.507 e. The van der Waals surface area contributed by atoms with E-state index in [2.05, 4.69) is 50.6 Å². The number of hydrogen-bond donors (Lipinski definition) is 4. The van der Waals surface area contributed by atoms with Crippen molar-refractivity contribution in [3.8, 4) is 11.8 Å². The van der Waals surface area contributed by atoms with E-state index in [4.69, 9.17) is 10.2 Å². The number of hydrogen-bond acceptors (Lipinski definition) is 8. The number of H-pyrrole nitrogens is 1. The van der Waals surface area contributed by atoms with Gasteiger partial charge in [0, 0.05) is 55.1 Å². The van der Waals surface area contributed by atoms with Crippen LogP contribution in [-0.4, -0.2) is 54.8 Å². The van der Waals surface area contributed by atoms with Gasteiger partial charge in [0.1, 0.15) is 17.4 Å². The molecule has 9 heteroatoms. The normalized spacial score (nSPS) is 21.1. The van der Waals surface area contributed by atoms with Gasteiger partial charge in [0.25, 0.3) is 0 Å². The number of rotatable bonds is 8. The maximum Gasteiger partial charge on any atom is 0.153 e. The highest BCUT2D eigenvalue weighted by atomic mass is 16.3. The molecule has 1 aliphatic heterocycles. The molecule has 174 valence electrons. The van der Waals surface area contributed by atoms with Gasteiger partial charge in [-0.05, 0) is 38.7 Å². The van der Waals surface area contributed by atoms with E-state index >= 15 is 0 Å². The van der Waals surface area contributed by atoms with Crippen LogP contribution in [-0.2, 0) is 0 Å². The van der Waals surface area contributed by atoms with Gasteiger partial charge in [-0.3, -0.25) is 15.0 Å². The Morgan fingerprint density at radius 1 is 1.21 bits per heavy atom. The quantitative estimate of drug-likeness (QED) is 0.398. The zero-order valence-electron chi connectivity index (χ0n) is 19.5. The molecule has 4 N–H and O–H groups in total. The summed E-state index contributed by atoms with van der Waals surface area (Å²) in [6.45, 7) is 7.17. The van der Waals surface area contributed by atoms with Gasteiger partial charge in [-0.25, -0.2) is 4.98 Å². The van der Waals surface area contributed by atoms with Gasteiger partial charge in [0.15, 0.2) is 5.82 Å². The van der Waals surface area contributed by atoms with E-state index in [-0.39, 0.29) is 11.8 Å². The summed E-state index contributed by atoms with van der Waals surface area (Å²) < 4.78 is 0. The molecule has 4 heterocycles. The predicted octanol–water partition coefficient (Wildman–Crippen LogP) is 4.46. The third-order valence-electron chi connectivity index (χ3n) is 6.48. The lowest BCUT2D eigenvalue weighted by Gasteiger charge is -2.45. The summed E-state index contributed by atoms with van der Waals surface area (Å²) in [5.41, 5.74) is 1.61. The van der Waals surface area contributed by atoms with E-state index in [1.54, 1.807) is 12.3 Å². The molecule has 0 spiro atoms. The van der Waals surface area contributed by atoms with Gasteiger partial charge in [-0.1, -0.05) is 13.8 Å². The predicted molar refractivity (Wildman–Crippen MR) is 130 cm³/mol. The summed E-state index contributed by atoms with van der Waals surface area (Å²) in [5.74, 6) is 2.06. The van der Waals surface area contributed by atoms with Gasteiger partial charge in [-0.15, -0.1) is 0 Å². The molecule has 0 aliphatic carbocycles. The van der Waals surface area contributed by atoms with Gasteiger partial charge < -0.3 is 15.7 Å². The Kier molecular flexibility index (Phi) is 6.94. The highest BCUT2D eigenvalue weighted by Gasteiger charge is 2.34. The number of likely N-dealkylation sites (tertiary alicyclic amines) is 1. The average Bonchev–Trinajstić information content (AvgIpc) is 3.21. The molecule has 1 fully saturated rings. The van der Waals surface area contributed by atoms with E-state index in [1.807, 2.05) is 19.1 Å². The van der Waals surface area contributed by atoms with Crippen LogP contribution in [0.2, 0.25) is 0 Å². The number of nitrogens with one attached hydrogen (secondary N) is 3. The molecule has 1 saturated heterocycles. The Labute approximate surface area is 194 Å². The zero-order chi connectivity index (χ0) is 23.4. The Bertz CT molecular complexity index is 1120. The smallest absolute Gasteiger partial charge is 0.153 e. The molecule has 0 aromatic carbocycles. The number of aryl methyl sites for hydroxylation is 1. The highest BCUT2D eigenvalue weighted by Crippen LogP contribution is 2.35. The minimum absolute atomic E-state index is 0.155. The topological polar surface area (TPSA) is 126 Å². The first-order chi connectivity index (χ1) is 16.0. The van der Waals surface area contributed by atoms with Crippen LogP contribution in [0, 0.1) is 18.3 Å². The standard InChI is InChI=1S/C24H32N8O/c1-4-17-12-16(13-18(5-2)32(17)10-6-8-25)27-24-23-19(26-9-7-20(23)33)14-21(29-24)28-22-11-15(3)30-31-22/h7,9,11,14,16-18H,4-6,10,12-13H2,1-3H3,(H,26,33)(H3,27,28,29,30,31). The van der Waals surface area contributed by atoms with Crippen molar-refractivity contribution in [1.82, 2.24) is 25.1 Å². The first-order valence-corrected chi connectivity index (χ1v) is 11.7. The molecule has 2 atom stereocenters. The molecule has 0 saturated carbocycles. The number of aromatic nitrogens is 4. The van der Waals surface area contributed by atoms with E-state index in [0.29, 0.717) is 46.9 Å². The molecule has 1 aliphatic rings. The molecule has 33 heavy (non-hydrogen) atoms. The van der Waals surface area contributed by atoms with Crippen molar-refractivity contribution < 1.29 is 5.11 Å². The fourth-order valence-electron chi connectivity index (χ4n) is 4.92. The number of nitrogens with zero attached hydrogens (tertiary/aromatic N) is 5. The average molecular weight is 449 g/mol. The van der Waals surface area contributed by atoms with Crippen LogP contribution in [0.25, 0.3) is 10.9 Å². The minimum Gasteiger partial charge on any atom is -0.507 e. The first kappa shape index (κ1) is 22.8. The number of aromatic hydroxyl groups is 1. The fraction of sp³-hybridized carbons (Fsp3) is 0.500. The number of anilines is 3. The molecule has 0 radical (unpaired) electrons. The zero-order valence-corrected chi connectivity index (χ0v) is 19.5. The third kappa shape index (κ3) is 5.01. The summed E-state index contributed by atoms with van der Waals surface area (Å²) in [6, 6.07) is 8.62. The summed E-state index contributed by atoms with van der Waals surface area (Å²) in [4.78, 5) is 11.8. The van der Waals surface area contributed by atoms with Crippen LogP contribution in [0.15, 0.2) is 24.4 Å². The summed E-state index contributed by atoms with van der Waals surface area (Å²) in [6.07, 6.45) is 6.12. The Morgan fingerprint density at radius 2 is 1.97 bits per heavy atom. The fourth-order valence-corrected chi connectivity index (χ4v) is 4.92. The van der Waals surface area contributed by atoms with Gasteiger partial charge >= 0.3 is 0 Å². The SMILES string of the molecule is CCC1CC(Nc2nc(Nc3cc(C)[nH]n3)cc3nccc(O)c23)CC(CC)N1CCC#N. The van der Waals surface area contributed by atoms with E-state index < -0.39 is 0 Å². The van der Waals surface area contributed by atoms with E-state index in [9.17, 15) is 5.11 Å². The van der Waals surface area contributed by atoms with Gasteiger partial charge in [0.2, 0.25) is 0 Å². The molecule has 4 rings (SSSR count). The second-order valence-corrected chi connectivity index (χ2v) is 8.72. The van der Waals surface area contributed by atoms with Crippen LogP contribution < -0.4 is 10.6 Å². The molecule has 9 nitrogen and oxygen atoms in total. The van der Waals surface area contributed by atoms with Crippen molar-refractivity contribution in [2.45, 2.75) is 71.0 Å². The lowest BCUT2D eigenvalue weighted by atomic mass is 9.88. The number of nitriles is 1. The Morgan fingerprint density at radius 3 is 2.61 bits per heavy atom. The molecule has 3 aromatic heterocycles. The van der Waals surface area contributed by atoms with Crippen LogP contribution in [0.5, 0.6) is 5.75 Å². The van der Waals surface area contributed by atoms with Crippen molar-refractivity contribution in [3.05, 3.63) is 30.1 Å². The van der Waals surface area contributed by atoms with E-state index in [0.717, 1.165) is 37.9 Å². The van der Waals surface area contributed by atoms with E-state index in [1.165, 1.54) is 0 Å². The van der Waals surface area contributed by atoms with Crippen LogP contribution in [0.4, 0.5) is 17.5 Å². The lowest BCUT2D eigenvalue weighted by Crippen LogP contribution is -2.52. The second kappa shape index (κ2) is 10.0. The molecule has 2 unspecified atom stereocenters. The first-order valence-electron chi connectivity index (χ1n) is 11.7. The Hall–Kier alpha value is -3.38. The van der Waals surface area contributed by atoms with Crippen LogP contribution >= 0.6 is 0 Å². The Balaban J connectivity index is 1.63. The van der Waals surface area contributed by atoms with Crippen LogP contribution in [0.1, 0.15) is 51.6 Å². The molecule has 3 aromatic rings. The van der Waals surface area contributed by atoms with Crippen molar-refractivity contribution in [2.75, 3.05) is 17.2 Å². The molecule has 0 bridgehead atoms. The monoisotopic (exact) mass is 448 g/mol. The third-order valence-corrected chi connectivity index (χ3v) is 6.48. The number of pyridine rings is 2. The molecular weight excluding hydrogens is 416 g/mol. The molecule has 0 amide bonds. The van der Waals surface area contributed by atoms with Crippen molar-refractivity contribution >= 4 is 28.4 Å². The lowest BCUT2D eigenvalue weighted by molar-refractivity contribution is 0.0735. The number of piperidine rings is 1. The van der Waals surface area contributed by atoms with Crippen molar-refractivity contribution in [3.63, 3.8) is 0 Å². The van der Waals surface area contributed by atoms with Gasteiger partial charge in [0.05, 0.1) is 17.0 Å². The van der Waals surface area contributed by atoms with Gasteiger partial charge in [-0.2, -0.15) is 10.4 Å². The number of aromatic amines is 1. The maximum absolute atomic E-state index is 10.6. The molecular formula is C24H32N8O. The van der Waals surface area contributed by atoms with Crippen molar-refractivity contribution in [2.24, 2.45) is 0 Å². The van der Waals surface area contributed by atoms with Crippen molar-refractivity contribution in [1.29, 1.82) is 5.26 Å². The van der Waals surface area contributed by atoms with Crippen LogP contribution in [0.3, 0.4) is 0 Å². The maximum atomic E-state index is 10.6.